The molecule has 1 aliphatic rings. The molecule has 2 N–H and O–H groups in total. The summed E-state index contributed by atoms with van der Waals surface area (Å²) in [4.78, 5) is 8.82. The van der Waals surface area contributed by atoms with Gasteiger partial charge in [-0.05, 0) is 56.7 Å². The molecular formula is C22H35IN6O2. The van der Waals surface area contributed by atoms with Gasteiger partial charge in [0.1, 0.15) is 0 Å². The van der Waals surface area contributed by atoms with Crippen molar-refractivity contribution < 1.29 is 9.47 Å². The maximum Gasteiger partial charge on any atom is 0.191 e. The SMILES string of the molecule is CN=C(NCCCOCC1CCOCC1)NCc1ccc(-n2nc(C)cc2C)nc1.I. The van der Waals surface area contributed by atoms with Crippen LogP contribution < -0.4 is 10.6 Å². The van der Waals surface area contributed by atoms with Gasteiger partial charge in [-0.1, -0.05) is 6.07 Å². The van der Waals surface area contributed by atoms with Gasteiger partial charge in [0, 0.05) is 58.5 Å². The quantitative estimate of drug-likeness (QED) is 0.220. The molecule has 0 bridgehead atoms. The van der Waals surface area contributed by atoms with Gasteiger partial charge >= 0.3 is 0 Å². The molecule has 9 heteroatoms. The van der Waals surface area contributed by atoms with E-state index < -0.39 is 0 Å². The number of nitrogens with one attached hydrogen (secondary N) is 2. The smallest absolute Gasteiger partial charge is 0.191 e. The van der Waals surface area contributed by atoms with Crippen LogP contribution in [-0.2, 0) is 16.0 Å². The lowest BCUT2D eigenvalue weighted by Crippen LogP contribution is -2.37. The van der Waals surface area contributed by atoms with Crippen LogP contribution in [0.3, 0.4) is 0 Å². The molecule has 0 amide bonds. The summed E-state index contributed by atoms with van der Waals surface area (Å²) in [6, 6.07) is 6.09. The molecule has 2 aromatic heterocycles. The van der Waals surface area contributed by atoms with E-state index in [1.54, 1.807) is 7.05 Å². The van der Waals surface area contributed by atoms with Crippen LogP contribution in [-0.4, -0.2) is 60.7 Å². The maximum atomic E-state index is 5.80. The number of ether oxygens (including phenoxy) is 2. The first kappa shape index (κ1) is 25.5. The first-order valence-electron chi connectivity index (χ1n) is 10.7. The second-order valence-corrected chi connectivity index (χ2v) is 7.70. The molecule has 0 spiro atoms. The van der Waals surface area contributed by atoms with Gasteiger partial charge in [-0.2, -0.15) is 5.10 Å². The third kappa shape index (κ3) is 8.38. The van der Waals surface area contributed by atoms with E-state index in [1.165, 1.54) is 0 Å². The number of hydrogen-bond acceptors (Lipinski definition) is 5. The first-order chi connectivity index (χ1) is 14.7. The summed E-state index contributed by atoms with van der Waals surface area (Å²) in [5.74, 6) is 2.26. The highest BCUT2D eigenvalue weighted by molar-refractivity contribution is 14.0. The van der Waals surface area contributed by atoms with Gasteiger partial charge in [-0.25, -0.2) is 9.67 Å². The molecule has 172 valence electrons. The molecule has 0 atom stereocenters. The van der Waals surface area contributed by atoms with Crippen molar-refractivity contribution in [3.63, 3.8) is 0 Å². The van der Waals surface area contributed by atoms with Gasteiger partial charge in [-0.3, -0.25) is 4.99 Å². The normalized spacial score (nSPS) is 14.9. The van der Waals surface area contributed by atoms with E-state index in [9.17, 15) is 0 Å². The molecule has 0 radical (unpaired) electrons. The summed E-state index contributed by atoms with van der Waals surface area (Å²) in [7, 11) is 1.78. The molecule has 0 unspecified atom stereocenters. The molecule has 2 aromatic rings. The van der Waals surface area contributed by atoms with E-state index in [-0.39, 0.29) is 24.0 Å². The number of rotatable bonds is 9. The fourth-order valence-corrected chi connectivity index (χ4v) is 3.46. The minimum Gasteiger partial charge on any atom is -0.381 e. The lowest BCUT2D eigenvalue weighted by Gasteiger charge is -2.21. The van der Waals surface area contributed by atoms with Crippen LogP contribution in [0.2, 0.25) is 0 Å². The molecule has 1 fully saturated rings. The molecule has 1 aliphatic heterocycles. The minimum atomic E-state index is 0. The van der Waals surface area contributed by atoms with Crippen molar-refractivity contribution in [2.75, 3.05) is 40.0 Å². The Morgan fingerprint density at radius 3 is 2.71 bits per heavy atom. The second-order valence-electron chi connectivity index (χ2n) is 7.70. The largest absolute Gasteiger partial charge is 0.381 e. The van der Waals surface area contributed by atoms with Crippen molar-refractivity contribution in [3.05, 3.63) is 41.3 Å². The van der Waals surface area contributed by atoms with Gasteiger partial charge in [0.25, 0.3) is 0 Å². The average Bonchev–Trinajstić information content (AvgIpc) is 3.11. The molecule has 3 rings (SSSR count). The lowest BCUT2D eigenvalue weighted by atomic mass is 10.0. The Morgan fingerprint density at radius 1 is 1.26 bits per heavy atom. The van der Waals surface area contributed by atoms with Crippen LogP contribution in [0.5, 0.6) is 0 Å². The van der Waals surface area contributed by atoms with Gasteiger partial charge in [0.2, 0.25) is 0 Å². The van der Waals surface area contributed by atoms with Crippen LogP contribution in [0.4, 0.5) is 0 Å². The highest BCUT2D eigenvalue weighted by atomic mass is 127. The van der Waals surface area contributed by atoms with Crippen LogP contribution >= 0.6 is 24.0 Å². The second kappa shape index (κ2) is 13.6. The number of aryl methyl sites for hydroxylation is 2. The topological polar surface area (TPSA) is 85.6 Å². The Hall–Kier alpha value is -1.72. The van der Waals surface area contributed by atoms with Crippen LogP contribution in [0.25, 0.3) is 5.82 Å². The minimum absolute atomic E-state index is 0. The fraction of sp³-hybridized carbons (Fsp3) is 0.591. The zero-order valence-electron chi connectivity index (χ0n) is 18.8. The Morgan fingerprint density at radius 2 is 2.06 bits per heavy atom. The predicted octanol–water partition coefficient (Wildman–Crippen LogP) is 3.00. The van der Waals surface area contributed by atoms with E-state index in [0.29, 0.717) is 12.5 Å². The molecule has 0 aromatic carbocycles. The first-order valence-corrected chi connectivity index (χ1v) is 10.7. The summed E-state index contributed by atoms with van der Waals surface area (Å²) in [6.07, 6.45) is 5.05. The highest BCUT2D eigenvalue weighted by Crippen LogP contribution is 2.14. The number of pyridine rings is 1. The van der Waals surface area contributed by atoms with Crippen LogP contribution in [0, 0.1) is 19.8 Å². The zero-order valence-corrected chi connectivity index (χ0v) is 21.1. The number of aromatic nitrogens is 3. The van der Waals surface area contributed by atoms with E-state index >= 15 is 0 Å². The standard InChI is InChI=1S/C22H34N6O2.HI/c1-17-13-18(2)28(27-17)21-6-5-20(14-25-21)15-26-22(23-3)24-9-4-10-30-16-19-7-11-29-12-8-19;/h5-6,13-14,19H,4,7-12,15-16H2,1-3H3,(H2,23,24,26);1H. The van der Waals surface area contributed by atoms with Gasteiger partial charge in [-0.15, -0.1) is 24.0 Å². The zero-order chi connectivity index (χ0) is 21.2. The Bertz CT molecular complexity index is 803. The van der Waals surface area contributed by atoms with Gasteiger partial charge in [0.05, 0.1) is 5.69 Å². The lowest BCUT2D eigenvalue weighted by molar-refractivity contribution is 0.0203. The molecule has 3 heterocycles. The molecule has 8 nitrogen and oxygen atoms in total. The number of nitrogens with zero attached hydrogens (tertiary/aromatic N) is 4. The Labute approximate surface area is 202 Å². The van der Waals surface area contributed by atoms with E-state index in [2.05, 4.69) is 31.8 Å². The average molecular weight is 542 g/mol. The third-order valence-electron chi connectivity index (χ3n) is 5.17. The maximum absolute atomic E-state index is 5.80. The molecule has 1 saturated heterocycles. The van der Waals surface area contributed by atoms with Gasteiger partial charge < -0.3 is 20.1 Å². The molecule has 0 saturated carbocycles. The number of halogens is 1. The Kier molecular flexibility index (Phi) is 11.2. The van der Waals surface area contributed by atoms with Crippen LogP contribution in [0.15, 0.2) is 29.4 Å². The molecule has 0 aliphatic carbocycles. The number of guanidine groups is 1. The van der Waals surface area contributed by atoms with E-state index in [0.717, 1.165) is 81.0 Å². The predicted molar refractivity (Wildman–Crippen MR) is 133 cm³/mol. The fourth-order valence-electron chi connectivity index (χ4n) is 3.46. The summed E-state index contributed by atoms with van der Waals surface area (Å²) < 4.78 is 13.0. The van der Waals surface area contributed by atoms with E-state index in [1.807, 2.05) is 36.9 Å². The van der Waals surface area contributed by atoms with E-state index in [4.69, 9.17) is 9.47 Å². The highest BCUT2D eigenvalue weighted by Gasteiger charge is 2.13. The van der Waals surface area contributed by atoms with Crippen LogP contribution in [0.1, 0.15) is 36.2 Å². The molecular weight excluding hydrogens is 507 g/mol. The number of aliphatic imine (C=N–C) groups is 1. The van der Waals surface area contributed by atoms with Crippen molar-refractivity contribution in [2.45, 2.75) is 39.7 Å². The monoisotopic (exact) mass is 542 g/mol. The van der Waals surface area contributed by atoms with Crippen molar-refractivity contribution in [3.8, 4) is 5.82 Å². The van der Waals surface area contributed by atoms with Gasteiger partial charge in [0.15, 0.2) is 11.8 Å². The molecule has 31 heavy (non-hydrogen) atoms. The summed E-state index contributed by atoms with van der Waals surface area (Å²) >= 11 is 0. The van der Waals surface area contributed by atoms with Crippen molar-refractivity contribution in [2.24, 2.45) is 10.9 Å². The summed E-state index contributed by atoms with van der Waals surface area (Å²) in [5.41, 5.74) is 3.15. The van der Waals surface area contributed by atoms with Crippen molar-refractivity contribution in [1.29, 1.82) is 0 Å². The summed E-state index contributed by atoms with van der Waals surface area (Å²) in [5, 5.41) is 11.1. The van der Waals surface area contributed by atoms with Crippen molar-refractivity contribution >= 4 is 29.9 Å². The number of hydrogen-bond donors (Lipinski definition) is 2. The van der Waals surface area contributed by atoms with Crippen molar-refractivity contribution in [1.82, 2.24) is 25.4 Å². The Balaban J connectivity index is 0.00000341. The summed E-state index contributed by atoms with van der Waals surface area (Å²) in [6.45, 7) is 8.85. The third-order valence-corrected chi connectivity index (χ3v) is 5.17.